The Hall–Kier alpha value is -3.07. The fourth-order valence-corrected chi connectivity index (χ4v) is 3.32. The number of nitrogens with zero attached hydrogens (tertiary/aromatic N) is 3. The molecule has 0 saturated heterocycles. The van der Waals surface area contributed by atoms with E-state index in [0.29, 0.717) is 17.2 Å². The molecular formula is C18H17N5O. The molecule has 1 fully saturated rings. The molecule has 0 radical (unpaired) electrons. The summed E-state index contributed by atoms with van der Waals surface area (Å²) in [5, 5.41) is 17.2. The molecule has 0 bridgehead atoms. The maximum absolute atomic E-state index is 12.7. The van der Waals surface area contributed by atoms with Gasteiger partial charge in [0.25, 0.3) is 5.91 Å². The van der Waals surface area contributed by atoms with Crippen molar-refractivity contribution in [3.63, 3.8) is 0 Å². The Labute approximate surface area is 139 Å². The van der Waals surface area contributed by atoms with Gasteiger partial charge in [0.2, 0.25) is 0 Å². The SMILES string of the molecule is CC1CC1(NC(=O)c1cc2cc(C#N)ccc2[nH]1)c1cnn(C)c1. The van der Waals surface area contributed by atoms with Gasteiger partial charge < -0.3 is 10.3 Å². The van der Waals surface area contributed by atoms with Crippen LogP contribution in [0.25, 0.3) is 10.9 Å². The summed E-state index contributed by atoms with van der Waals surface area (Å²) in [6.45, 7) is 2.12. The van der Waals surface area contributed by atoms with Crippen LogP contribution in [0.5, 0.6) is 0 Å². The number of aryl methyl sites for hydroxylation is 1. The van der Waals surface area contributed by atoms with Gasteiger partial charge in [-0.05, 0) is 36.6 Å². The molecule has 2 aromatic heterocycles. The molecule has 1 aromatic carbocycles. The number of H-pyrrole nitrogens is 1. The minimum absolute atomic E-state index is 0.141. The Morgan fingerprint density at radius 3 is 2.92 bits per heavy atom. The molecule has 0 spiro atoms. The van der Waals surface area contributed by atoms with Crippen LogP contribution in [0.1, 0.15) is 35.0 Å². The molecule has 6 nitrogen and oxygen atoms in total. The van der Waals surface area contributed by atoms with Crippen LogP contribution >= 0.6 is 0 Å². The molecule has 1 amide bonds. The highest BCUT2D eigenvalue weighted by molar-refractivity contribution is 5.98. The third-order valence-corrected chi connectivity index (χ3v) is 4.86. The van der Waals surface area contributed by atoms with Crippen molar-refractivity contribution in [1.82, 2.24) is 20.1 Å². The van der Waals surface area contributed by atoms with Gasteiger partial charge in [-0.25, -0.2) is 0 Å². The zero-order valence-corrected chi connectivity index (χ0v) is 13.5. The zero-order chi connectivity index (χ0) is 16.9. The first kappa shape index (κ1) is 14.5. The molecule has 2 atom stereocenters. The molecule has 2 unspecified atom stereocenters. The van der Waals surface area contributed by atoms with E-state index in [9.17, 15) is 4.79 Å². The lowest BCUT2D eigenvalue weighted by Crippen LogP contribution is -2.36. The number of carbonyl (C=O) groups excluding carboxylic acids is 1. The van der Waals surface area contributed by atoms with Crippen molar-refractivity contribution < 1.29 is 4.79 Å². The summed E-state index contributed by atoms with van der Waals surface area (Å²) in [6.07, 6.45) is 4.67. The lowest BCUT2D eigenvalue weighted by Gasteiger charge is -2.16. The fourth-order valence-electron chi connectivity index (χ4n) is 3.32. The predicted molar refractivity (Wildman–Crippen MR) is 89.1 cm³/mol. The normalized spacial score (nSPS) is 22.3. The van der Waals surface area contributed by atoms with Crippen molar-refractivity contribution in [2.24, 2.45) is 13.0 Å². The number of hydrogen-bond acceptors (Lipinski definition) is 3. The van der Waals surface area contributed by atoms with Crippen LogP contribution in [0.3, 0.4) is 0 Å². The fraction of sp³-hybridized carbons (Fsp3) is 0.278. The zero-order valence-electron chi connectivity index (χ0n) is 13.5. The van der Waals surface area contributed by atoms with Crippen molar-refractivity contribution in [3.05, 3.63) is 53.5 Å². The number of aromatic nitrogens is 3. The highest BCUT2D eigenvalue weighted by Crippen LogP contribution is 2.51. The molecule has 1 aliphatic rings. The Kier molecular flexibility index (Phi) is 3.00. The van der Waals surface area contributed by atoms with Gasteiger partial charge in [-0.15, -0.1) is 0 Å². The summed E-state index contributed by atoms with van der Waals surface area (Å²) in [4.78, 5) is 15.8. The number of nitrogens with one attached hydrogen (secondary N) is 2. The van der Waals surface area contributed by atoms with Crippen LogP contribution in [0.2, 0.25) is 0 Å². The molecule has 3 aromatic rings. The highest BCUT2D eigenvalue weighted by atomic mass is 16.2. The summed E-state index contributed by atoms with van der Waals surface area (Å²) in [5.41, 5.74) is 2.63. The van der Waals surface area contributed by atoms with Crippen molar-refractivity contribution in [2.75, 3.05) is 0 Å². The number of nitriles is 1. The average molecular weight is 319 g/mol. The molecule has 1 saturated carbocycles. The van der Waals surface area contributed by atoms with Gasteiger partial charge in [0, 0.05) is 29.7 Å². The van der Waals surface area contributed by atoms with Crippen LogP contribution in [0.15, 0.2) is 36.7 Å². The smallest absolute Gasteiger partial charge is 0.268 e. The summed E-state index contributed by atoms with van der Waals surface area (Å²) < 4.78 is 1.75. The van der Waals surface area contributed by atoms with Crippen LogP contribution < -0.4 is 5.32 Å². The molecule has 2 N–H and O–H groups in total. The van der Waals surface area contributed by atoms with Crippen LogP contribution in [-0.2, 0) is 12.6 Å². The largest absolute Gasteiger partial charge is 0.351 e. The first-order chi connectivity index (χ1) is 11.5. The number of fused-ring (bicyclic) bond motifs is 1. The monoisotopic (exact) mass is 319 g/mol. The van der Waals surface area contributed by atoms with E-state index in [1.165, 1.54) is 0 Å². The quantitative estimate of drug-likeness (QED) is 0.777. The Balaban J connectivity index is 1.63. The Morgan fingerprint density at radius 1 is 1.50 bits per heavy atom. The van der Waals surface area contributed by atoms with E-state index in [4.69, 9.17) is 5.26 Å². The van der Waals surface area contributed by atoms with Gasteiger partial charge in [0.15, 0.2) is 0 Å². The lowest BCUT2D eigenvalue weighted by atomic mass is 10.1. The molecule has 6 heteroatoms. The van der Waals surface area contributed by atoms with Gasteiger partial charge in [0.1, 0.15) is 5.69 Å². The second-order valence-corrected chi connectivity index (χ2v) is 6.53. The van der Waals surface area contributed by atoms with E-state index in [-0.39, 0.29) is 11.4 Å². The van der Waals surface area contributed by atoms with E-state index in [0.717, 1.165) is 22.9 Å². The van der Waals surface area contributed by atoms with Gasteiger partial charge in [0.05, 0.1) is 23.4 Å². The average Bonchev–Trinajstić information content (AvgIpc) is 2.96. The van der Waals surface area contributed by atoms with Crippen molar-refractivity contribution in [3.8, 4) is 6.07 Å². The minimum Gasteiger partial charge on any atom is -0.351 e. The van der Waals surface area contributed by atoms with Crippen LogP contribution in [-0.4, -0.2) is 20.7 Å². The van der Waals surface area contributed by atoms with E-state index in [1.807, 2.05) is 25.5 Å². The second kappa shape index (κ2) is 4.96. The van der Waals surface area contributed by atoms with Gasteiger partial charge in [-0.1, -0.05) is 6.92 Å². The molecule has 120 valence electrons. The Bertz CT molecular complexity index is 992. The first-order valence-electron chi connectivity index (χ1n) is 7.86. The Morgan fingerprint density at radius 2 is 2.29 bits per heavy atom. The van der Waals surface area contributed by atoms with Gasteiger partial charge >= 0.3 is 0 Å². The van der Waals surface area contributed by atoms with E-state index >= 15 is 0 Å². The number of benzene rings is 1. The van der Waals surface area contributed by atoms with E-state index in [2.05, 4.69) is 28.4 Å². The maximum Gasteiger partial charge on any atom is 0.268 e. The first-order valence-corrected chi connectivity index (χ1v) is 7.86. The highest BCUT2D eigenvalue weighted by Gasteiger charge is 2.54. The third-order valence-electron chi connectivity index (χ3n) is 4.86. The summed E-state index contributed by atoms with van der Waals surface area (Å²) in [7, 11) is 1.87. The predicted octanol–water partition coefficient (Wildman–Crippen LogP) is 2.44. The number of aromatic amines is 1. The maximum atomic E-state index is 12.7. The number of hydrogen-bond donors (Lipinski definition) is 2. The van der Waals surface area contributed by atoms with Crippen LogP contribution in [0, 0.1) is 17.2 Å². The van der Waals surface area contributed by atoms with Gasteiger partial charge in [-0.2, -0.15) is 10.4 Å². The van der Waals surface area contributed by atoms with E-state index < -0.39 is 0 Å². The third kappa shape index (κ3) is 2.17. The molecule has 4 rings (SSSR count). The van der Waals surface area contributed by atoms with E-state index in [1.54, 1.807) is 22.9 Å². The van der Waals surface area contributed by atoms with Crippen LogP contribution in [0.4, 0.5) is 0 Å². The number of amides is 1. The molecule has 1 aliphatic carbocycles. The molecule has 2 heterocycles. The summed E-state index contributed by atoms with van der Waals surface area (Å²) in [6, 6.07) is 9.23. The molecule has 24 heavy (non-hydrogen) atoms. The van der Waals surface area contributed by atoms with Crippen molar-refractivity contribution in [1.29, 1.82) is 5.26 Å². The molecular weight excluding hydrogens is 302 g/mol. The minimum atomic E-state index is -0.333. The lowest BCUT2D eigenvalue weighted by molar-refractivity contribution is 0.0923. The second-order valence-electron chi connectivity index (χ2n) is 6.53. The number of rotatable bonds is 3. The topological polar surface area (TPSA) is 86.5 Å². The standard InChI is InChI=1S/C18H17N5O/c1-11-7-18(11,14-9-20-23(2)10-14)22-17(24)16-6-13-5-12(8-19)3-4-15(13)21-16/h3-6,9-11,21H,7H2,1-2H3,(H,22,24). The van der Waals surface area contributed by atoms with Crippen molar-refractivity contribution in [2.45, 2.75) is 18.9 Å². The number of carbonyl (C=O) groups is 1. The summed E-state index contributed by atoms with van der Waals surface area (Å²) in [5.74, 6) is 0.234. The summed E-state index contributed by atoms with van der Waals surface area (Å²) >= 11 is 0. The van der Waals surface area contributed by atoms with Crippen molar-refractivity contribution >= 4 is 16.8 Å². The molecule has 0 aliphatic heterocycles. The van der Waals surface area contributed by atoms with Gasteiger partial charge in [-0.3, -0.25) is 9.48 Å².